The van der Waals surface area contributed by atoms with Crippen molar-refractivity contribution in [3.8, 4) is 0 Å². The second-order valence-electron chi connectivity index (χ2n) is 3.65. The number of hydrogen-bond acceptors (Lipinski definition) is 4. The first kappa shape index (κ1) is 11.4. The second kappa shape index (κ2) is 5.29. The third kappa shape index (κ3) is 2.94. The van der Waals surface area contributed by atoms with E-state index >= 15 is 0 Å². The van der Waals surface area contributed by atoms with E-state index in [0.29, 0.717) is 26.3 Å². The lowest BCUT2D eigenvalue weighted by atomic mass is 10.1. The third-order valence-electron chi connectivity index (χ3n) is 2.49. The molecular formula is C9H17NO4. The normalized spacial score (nSPS) is 26.0. The van der Waals surface area contributed by atoms with E-state index in [1.165, 1.54) is 0 Å². The summed E-state index contributed by atoms with van der Waals surface area (Å²) in [4.78, 5) is 12.6. The van der Waals surface area contributed by atoms with Crippen molar-refractivity contribution >= 4 is 5.97 Å². The Morgan fingerprint density at radius 3 is 3.00 bits per heavy atom. The highest BCUT2D eigenvalue weighted by molar-refractivity contribution is 5.69. The standard InChI is InChI=1S/C9H17NO4/c1-7(9(12)13)4-10-2-3-14-6-8(10)5-11/h7-8,11H,2-6H2,1H3,(H,12,13). The molecule has 0 saturated carbocycles. The fourth-order valence-corrected chi connectivity index (χ4v) is 1.53. The van der Waals surface area contributed by atoms with Gasteiger partial charge in [-0.25, -0.2) is 0 Å². The van der Waals surface area contributed by atoms with Crippen LogP contribution in [0.1, 0.15) is 6.92 Å². The van der Waals surface area contributed by atoms with Crippen LogP contribution < -0.4 is 0 Å². The topological polar surface area (TPSA) is 70.0 Å². The van der Waals surface area contributed by atoms with Crippen LogP contribution in [0.25, 0.3) is 0 Å². The molecule has 1 heterocycles. The number of carboxylic acids is 1. The Labute approximate surface area is 83.3 Å². The lowest BCUT2D eigenvalue weighted by Gasteiger charge is -2.35. The molecule has 1 fully saturated rings. The predicted molar refractivity (Wildman–Crippen MR) is 50.1 cm³/mol. The highest BCUT2D eigenvalue weighted by Gasteiger charge is 2.25. The van der Waals surface area contributed by atoms with Gasteiger partial charge in [0, 0.05) is 13.1 Å². The molecule has 0 aromatic heterocycles. The molecule has 2 unspecified atom stereocenters. The van der Waals surface area contributed by atoms with Gasteiger partial charge in [0.1, 0.15) is 0 Å². The Hall–Kier alpha value is -0.650. The van der Waals surface area contributed by atoms with Gasteiger partial charge in [-0.15, -0.1) is 0 Å². The number of hydrogen-bond donors (Lipinski definition) is 2. The summed E-state index contributed by atoms with van der Waals surface area (Å²) in [7, 11) is 0. The number of rotatable bonds is 4. The van der Waals surface area contributed by atoms with Crippen LogP contribution in [0.3, 0.4) is 0 Å². The van der Waals surface area contributed by atoms with Crippen molar-refractivity contribution in [2.75, 3.05) is 32.9 Å². The summed E-state index contributed by atoms with van der Waals surface area (Å²) in [5, 5.41) is 17.8. The Bertz CT molecular complexity index is 197. The van der Waals surface area contributed by atoms with Crippen LogP contribution in [0.15, 0.2) is 0 Å². The Kier molecular flexibility index (Phi) is 4.31. The van der Waals surface area contributed by atoms with Gasteiger partial charge >= 0.3 is 5.97 Å². The summed E-state index contributed by atoms with van der Waals surface area (Å²) in [5.74, 6) is -1.20. The number of nitrogens with zero attached hydrogens (tertiary/aromatic N) is 1. The van der Waals surface area contributed by atoms with Gasteiger partial charge in [0.2, 0.25) is 0 Å². The monoisotopic (exact) mass is 203 g/mol. The fraction of sp³-hybridized carbons (Fsp3) is 0.889. The highest BCUT2D eigenvalue weighted by atomic mass is 16.5. The molecule has 1 aliphatic rings. The number of aliphatic hydroxyl groups is 1. The Balaban J connectivity index is 2.44. The SMILES string of the molecule is CC(CN1CCOCC1CO)C(=O)O. The zero-order chi connectivity index (χ0) is 10.6. The fourth-order valence-electron chi connectivity index (χ4n) is 1.53. The molecule has 82 valence electrons. The minimum Gasteiger partial charge on any atom is -0.481 e. The molecule has 1 saturated heterocycles. The van der Waals surface area contributed by atoms with Crippen molar-refractivity contribution in [2.24, 2.45) is 5.92 Å². The summed E-state index contributed by atoms with van der Waals surface area (Å²) >= 11 is 0. The lowest BCUT2D eigenvalue weighted by molar-refractivity contribution is -0.142. The molecule has 5 nitrogen and oxygen atoms in total. The number of aliphatic hydroxyl groups excluding tert-OH is 1. The average molecular weight is 203 g/mol. The van der Waals surface area contributed by atoms with Gasteiger partial charge in [0.05, 0.1) is 31.8 Å². The number of morpholine rings is 1. The maximum Gasteiger partial charge on any atom is 0.307 e. The molecule has 5 heteroatoms. The largest absolute Gasteiger partial charge is 0.481 e. The zero-order valence-electron chi connectivity index (χ0n) is 8.35. The van der Waals surface area contributed by atoms with Crippen molar-refractivity contribution in [1.29, 1.82) is 0 Å². The molecule has 14 heavy (non-hydrogen) atoms. The van der Waals surface area contributed by atoms with Gasteiger partial charge in [0.25, 0.3) is 0 Å². The maximum atomic E-state index is 10.6. The first-order chi connectivity index (χ1) is 6.65. The van der Waals surface area contributed by atoms with Crippen LogP contribution in [0.2, 0.25) is 0 Å². The van der Waals surface area contributed by atoms with E-state index in [0.717, 1.165) is 0 Å². The quantitative estimate of drug-likeness (QED) is 0.638. The van der Waals surface area contributed by atoms with Gasteiger partial charge in [0.15, 0.2) is 0 Å². The molecule has 0 aromatic rings. The van der Waals surface area contributed by atoms with E-state index in [1.54, 1.807) is 6.92 Å². The van der Waals surface area contributed by atoms with E-state index in [4.69, 9.17) is 14.9 Å². The van der Waals surface area contributed by atoms with Crippen LogP contribution in [-0.2, 0) is 9.53 Å². The van der Waals surface area contributed by atoms with Crippen LogP contribution in [0, 0.1) is 5.92 Å². The molecule has 0 amide bonds. The second-order valence-corrected chi connectivity index (χ2v) is 3.65. The Morgan fingerprint density at radius 2 is 2.43 bits per heavy atom. The van der Waals surface area contributed by atoms with Gasteiger partial charge in [-0.3, -0.25) is 9.69 Å². The molecule has 1 aliphatic heterocycles. The molecule has 0 aliphatic carbocycles. The number of carboxylic acid groups (broad SMARTS) is 1. The lowest BCUT2D eigenvalue weighted by Crippen LogP contribution is -2.49. The minimum atomic E-state index is -0.798. The molecule has 0 spiro atoms. The smallest absolute Gasteiger partial charge is 0.307 e. The molecule has 2 N–H and O–H groups in total. The van der Waals surface area contributed by atoms with Gasteiger partial charge in [-0.05, 0) is 0 Å². The average Bonchev–Trinajstić information content (AvgIpc) is 2.18. The van der Waals surface area contributed by atoms with Crippen LogP contribution in [-0.4, -0.2) is 60.0 Å². The summed E-state index contributed by atoms with van der Waals surface area (Å²) in [5.41, 5.74) is 0. The number of aliphatic carboxylic acids is 1. The van der Waals surface area contributed by atoms with Crippen molar-refractivity contribution < 1.29 is 19.7 Å². The van der Waals surface area contributed by atoms with Crippen LogP contribution in [0.4, 0.5) is 0 Å². The number of carbonyl (C=O) groups is 1. The maximum absolute atomic E-state index is 10.6. The van der Waals surface area contributed by atoms with Crippen molar-refractivity contribution in [3.05, 3.63) is 0 Å². The highest BCUT2D eigenvalue weighted by Crippen LogP contribution is 2.09. The van der Waals surface area contributed by atoms with Gasteiger partial charge in [-0.1, -0.05) is 6.92 Å². The van der Waals surface area contributed by atoms with Crippen LogP contribution in [0.5, 0.6) is 0 Å². The van der Waals surface area contributed by atoms with E-state index in [2.05, 4.69) is 0 Å². The van der Waals surface area contributed by atoms with E-state index in [1.807, 2.05) is 4.90 Å². The van der Waals surface area contributed by atoms with E-state index in [9.17, 15) is 4.79 Å². The summed E-state index contributed by atoms with van der Waals surface area (Å²) in [6.07, 6.45) is 0. The molecule has 2 atom stereocenters. The van der Waals surface area contributed by atoms with E-state index in [-0.39, 0.29) is 12.6 Å². The molecular weight excluding hydrogens is 186 g/mol. The van der Waals surface area contributed by atoms with Crippen molar-refractivity contribution in [2.45, 2.75) is 13.0 Å². The molecule has 1 rings (SSSR count). The minimum absolute atomic E-state index is 0.0202. The third-order valence-corrected chi connectivity index (χ3v) is 2.49. The molecule has 0 aromatic carbocycles. The van der Waals surface area contributed by atoms with E-state index < -0.39 is 11.9 Å². The predicted octanol–water partition coefficient (Wildman–Crippen LogP) is -0.600. The Morgan fingerprint density at radius 1 is 1.71 bits per heavy atom. The summed E-state index contributed by atoms with van der Waals surface area (Å²) in [6.45, 7) is 3.97. The summed E-state index contributed by atoms with van der Waals surface area (Å²) in [6, 6.07) is -0.0504. The molecule has 0 bridgehead atoms. The first-order valence-corrected chi connectivity index (χ1v) is 4.80. The van der Waals surface area contributed by atoms with Gasteiger partial charge in [-0.2, -0.15) is 0 Å². The van der Waals surface area contributed by atoms with Crippen molar-refractivity contribution in [1.82, 2.24) is 4.90 Å². The molecule has 0 radical (unpaired) electrons. The van der Waals surface area contributed by atoms with Crippen molar-refractivity contribution in [3.63, 3.8) is 0 Å². The first-order valence-electron chi connectivity index (χ1n) is 4.80. The zero-order valence-corrected chi connectivity index (χ0v) is 8.35. The summed E-state index contributed by atoms with van der Waals surface area (Å²) < 4.78 is 5.20. The van der Waals surface area contributed by atoms with Gasteiger partial charge < -0.3 is 14.9 Å². The van der Waals surface area contributed by atoms with Crippen LogP contribution >= 0.6 is 0 Å². The number of ether oxygens (including phenoxy) is 1.